The van der Waals surface area contributed by atoms with E-state index < -0.39 is 7.60 Å². The molecule has 0 saturated carbocycles. The van der Waals surface area contributed by atoms with Crippen LogP contribution in [0.25, 0.3) is 6.08 Å². The van der Waals surface area contributed by atoms with Gasteiger partial charge in [0.2, 0.25) is 0 Å². The summed E-state index contributed by atoms with van der Waals surface area (Å²) in [5, 5.41) is 0. The molecule has 0 unspecified atom stereocenters. The van der Waals surface area contributed by atoms with Gasteiger partial charge in [0.15, 0.2) is 0 Å². The molecule has 0 heterocycles. The number of hydrogen-bond acceptors (Lipinski definition) is 3. The van der Waals surface area contributed by atoms with Crippen molar-refractivity contribution >= 4 is 13.7 Å². The molecule has 1 rings (SSSR count). The van der Waals surface area contributed by atoms with Gasteiger partial charge in [-0.25, -0.2) is 0 Å². The zero-order valence-corrected chi connectivity index (χ0v) is 9.11. The topological polar surface area (TPSA) is 35.5 Å². The predicted octanol–water partition coefficient (Wildman–Crippen LogP) is 3.14. The normalized spacial score (nSPS) is 12.1. The van der Waals surface area contributed by atoms with E-state index in [2.05, 4.69) is 0 Å². The van der Waals surface area contributed by atoms with Gasteiger partial charge in [0.25, 0.3) is 0 Å². The van der Waals surface area contributed by atoms with E-state index in [0.29, 0.717) is 0 Å². The van der Waals surface area contributed by atoms with Gasteiger partial charge in [0, 0.05) is 20.0 Å². The molecule has 1 aromatic carbocycles. The third kappa shape index (κ3) is 3.11. The quantitative estimate of drug-likeness (QED) is 0.719. The molecular weight excluding hydrogens is 199 g/mol. The average molecular weight is 212 g/mol. The molecule has 0 aliphatic carbocycles. The number of benzene rings is 1. The van der Waals surface area contributed by atoms with Crippen LogP contribution in [0.15, 0.2) is 36.1 Å². The Bertz CT molecular complexity index is 338. The Labute approximate surface area is 83.9 Å². The summed E-state index contributed by atoms with van der Waals surface area (Å²) in [6, 6.07) is 9.55. The first-order chi connectivity index (χ1) is 6.70. The summed E-state index contributed by atoms with van der Waals surface area (Å²) >= 11 is 0. The first kappa shape index (κ1) is 11.2. The van der Waals surface area contributed by atoms with Gasteiger partial charge in [-0.1, -0.05) is 30.3 Å². The fraction of sp³-hybridized carbons (Fsp3) is 0.200. The lowest BCUT2D eigenvalue weighted by molar-refractivity contribution is 0.286. The minimum absolute atomic E-state index is 0.960. The van der Waals surface area contributed by atoms with Gasteiger partial charge >= 0.3 is 7.60 Å². The minimum Gasteiger partial charge on any atom is -0.309 e. The van der Waals surface area contributed by atoms with Crippen molar-refractivity contribution in [1.29, 1.82) is 0 Å². The number of rotatable bonds is 4. The third-order valence-corrected chi connectivity index (χ3v) is 3.29. The largest absolute Gasteiger partial charge is 0.353 e. The monoisotopic (exact) mass is 212 g/mol. The van der Waals surface area contributed by atoms with Crippen LogP contribution in [0.3, 0.4) is 0 Å². The van der Waals surface area contributed by atoms with Crippen LogP contribution >= 0.6 is 7.60 Å². The summed E-state index contributed by atoms with van der Waals surface area (Å²) in [6.45, 7) is 0. The van der Waals surface area contributed by atoms with Crippen LogP contribution in [0.5, 0.6) is 0 Å². The third-order valence-electron chi connectivity index (χ3n) is 1.76. The fourth-order valence-corrected chi connectivity index (χ4v) is 1.68. The van der Waals surface area contributed by atoms with Crippen molar-refractivity contribution in [3.05, 3.63) is 41.7 Å². The molecule has 76 valence electrons. The molecule has 0 amide bonds. The van der Waals surface area contributed by atoms with Crippen LogP contribution < -0.4 is 0 Å². The molecule has 4 heteroatoms. The van der Waals surface area contributed by atoms with Crippen molar-refractivity contribution < 1.29 is 13.6 Å². The Balaban J connectivity index is 2.78. The highest BCUT2D eigenvalue weighted by molar-refractivity contribution is 7.57. The molecule has 0 atom stereocenters. The molecule has 0 spiro atoms. The van der Waals surface area contributed by atoms with E-state index in [-0.39, 0.29) is 0 Å². The number of hydrogen-bond donors (Lipinski definition) is 0. The molecule has 0 saturated heterocycles. The van der Waals surface area contributed by atoms with Gasteiger partial charge in [-0.15, -0.1) is 0 Å². The Kier molecular flexibility index (Phi) is 4.08. The minimum atomic E-state index is -3.03. The molecule has 0 aliphatic heterocycles. The lowest BCUT2D eigenvalue weighted by atomic mass is 10.2. The van der Waals surface area contributed by atoms with Crippen molar-refractivity contribution in [1.82, 2.24) is 0 Å². The fourth-order valence-electron chi connectivity index (χ4n) is 0.938. The highest BCUT2D eigenvalue weighted by Gasteiger charge is 2.14. The van der Waals surface area contributed by atoms with Gasteiger partial charge in [0.1, 0.15) is 0 Å². The predicted molar refractivity (Wildman–Crippen MR) is 57.1 cm³/mol. The zero-order valence-electron chi connectivity index (χ0n) is 8.21. The molecule has 1 aromatic rings. The SMILES string of the molecule is COP(=O)(C=Cc1ccccc1)OC. The highest BCUT2D eigenvalue weighted by Crippen LogP contribution is 2.48. The van der Waals surface area contributed by atoms with Gasteiger partial charge in [-0.05, 0) is 11.6 Å². The second-order valence-electron chi connectivity index (χ2n) is 2.63. The summed E-state index contributed by atoms with van der Waals surface area (Å²) in [6.07, 6.45) is 1.72. The summed E-state index contributed by atoms with van der Waals surface area (Å²) in [4.78, 5) is 0. The van der Waals surface area contributed by atoms with Crippen molar-refractivity contribution in [2.45, 2.75) is 0 Å². The standard InChI is InChI=1S/C10H13O3P/c1-12-14(11,13-2)9-8-10-6-4-3-5-7-10/h3-9H,1-2H3. The van der Waals surface area contributed by atoms with Gasteiger partial charge in [-0.2, -0.15) is 0 Å². The molecule has 0 aromatic heterocycles. The summed E-state index contributed by atoms with van der Waals surface area (Å²) < 4.78 is 21.1. The maximum absolute atomic E-state index is 11.6. The van der Waals surface area contributed by atoms with E-state index in [1.165, 1.54) is 20.0 Å². The van der Waals surface area contributed by atoms with Gasteiger partial charge < -0.3 is 9.05 Å². The van der Waals surface area contributed by atoms with Crippen molar-refractivity contribution in [2.75, 3.05) is 14.2 Å². The van der Waals surface area contributed by atoms with E-state index >= 15 is 0 Å². The van der Waals surface area contributed by atoms with E-state index in [9.17, 15) is 4.57 Å². The van der Waals surface area contributed by atoms with Crippen LogP contribution in [-0.4, -0.2) is 14.2 Å². The maximum atomic E-state index is 11.6. The van der Waals surface area contributed by atoms with E-state index in [1.807, 2.05) is 30.3 Å². The molecule has 0 radical (unpaired) electrons. The molecule has 0 aliphatic rings. The Morgan fingerprint density at radius 1 is 1.14 bits per heavy atom. The van der Waals surface area contributed by atoms with Crippen LogP contribution in [0.2, 0.25) is 0 Å². The summed E-state index contributed by atoms with van der Waals surface area (Å²) in [5.74, 6) is 1.45. The van der Waals surface area contributed by atoms with Gasteiger partial charge in [0.05, 0.1) is 0 Å². The molecule has 0 bridgehead atoms. The molecule has 3 nitrogen and oxygen atoms in total. The van der Waals surface area contributed by atoms with E-state index in [1.54, 1.807) is 6.08 Å². The Morgan fingerprint density at radius 2 is 1.71 bits per heavy atom. The van der Waals surface area contributed by atoms with Crippen molar-refractivity contribution in [3.8, 4) is 0 Å². The lowest BCUT2D eigenvalue weighted by Gasteiger charge is -2.07. The average Bonchev–Trinajstić information content (AvgIpc) is 2.27. The first-order valence-electron chi connectivity index (χ1n) is 4.16. The highest BCUT2D eigenvalue weighted by atomic mass is 31.2. The Hall–Kier alpha value is -0.890. The molecule has 0 N–H and O–H groups in total. The smallest absolute Gasteiger partial charge is 0.309 e. The van der Waals surface area contributed by atoms with Crippen LogP contribution in [0.1, 0.15) is 5.56 Å². The van der Waals surface area contributed by atoms with Crippen molar-refractivity contribution in [3.63, 3.8) is 0 Å². The second kappa shape index (κ2) is 5.11. The summed E-state index contributed by atoms with van der Waals surface area (Å²) in [5.41, 5.74) is 0.960. The van der Waals surface area contributed by atoms with E-state index in [4.69, 9.17) is 9.05 Å². The molecule has 14 heavy (non-hydrogen) atoms. The molecule has 0 fully saturated rings. The van der Waals surface area contributed by atoms with Crippen LogP contribution in [-0.2, 0) is 13.6 Å². The van der Waals surface area contributed by atoms with E-state index in [0.717, 1.165) is 5.56 Å². The van der Waals surface area contributed by atoms with Gasteiger partial charge in [-0.3, -0.25) is 4.57 Å². The molecular formula is C10H13O3P. The lowest BCUT2D eigenvalue weighted by Crippen LogP contribution is -1.83. The maximum Gasteiger partial charge on any atom is 0.353 e. The van der Waals surface area contributed by atoms with Crippen LogP contribution in [0.4, 0.5) is 0 Å². The Morgan fingerprint density at radius 3 is 2.21 bits per heavy atom. The van der Waals surface area contributed by atoms with Crippen LogP contribution in [0, 0.1) is 0 Å². The van der Waals surface area contributed by atoms with Crippen molar-refractivity contribution in [2.24, 2.45) is 0 Å². The first-order valence-corrected chi connectivity index (χ1v) is 5.77. The summed E-state index contributed by atoms with van der Waals surface area (Å²) in [7, 11) is -0.306. The second-order valence-corrected chi connectivity index (χ2v) is 4.74. The zero-order chi connectivity index (χ0) is 10.4.